The number of halogens is 1. The molecule has 0 radical (unpaired) electrons. The summed E-state index contributed by atoms with van der Waals surface area (Å²) >= 11 is 6.03. The van der Waals surface area contributed by atoms with E-state index in [1.165, 1.54) is 0 Å². The van der Waals surface area contributed by atoms with Crippen molar-refractivity contribution in [1.29, 1.82) is 0 Å². The first-order valence-corrected chi connectivity index (χ1v) is 7.67. The van der Waals surface area contributed by atoms with Crippen LogP contribution in [-0.4, -0.2) is 27.4 Å². The summed E-state index contributed by atoms with van der Waals surface area (Å²) in [6, 6.07) is 7.68. The minimum Gasteiger partial charge on any atom is -0.389 e. The van der Waals surface area contributed by atoms with Gasteiger partial charge in [-0.15, -0.1) is 0 Å². The number of H-pyrrole nitrogens is 1. The summed E-state index contributed by atoms with van der Waals surface area (Å²) in [5.74, 6) is 0. The van der Waals surface area contributed by atoms with Crippen molar-refractivity contribution in [3.63, 3.8) is 0 Å². The molecule has 2 aromatic rings. The van der Waals surface area contributed by atoms with Gasteiger partial charge in [-0.2, -0.15) is 5.10 Å². The lowest BCUT2D eigenvalue weighted by Gasteiger charge is -2.25. The van der Waals surface area contributed by atoms with Gasteiger partial charge < -0.3 is 10.4 Å². The number of hydrogen-bond acceptors (Lipinski definition) is 3. The molecule has 1 heterocycles. The van der Waals surface area contributed by atoms with E-state index >= 15 is 0 Å². The Kier molecular flexibility index (Phi) is 5.39. The molecule has 3 N–H and O–H groups in total. The number of aromatic nitrogens is 2. The van der Waals surface area contributed by atoms with Gasteiger partial charge in [-0.05, 0) is 25.0 Å². The van der Waals surface area contributed by atoms with Crippen LogP contribution in [0, 0.1) is 0 Å². The van der Waals surface area contributed by atoms with Crippen molar-refractivity contribution in [2.75, 3.05) is 6.54 Å². The third-order valence-electron chi connectivity index (χ3n) is 3.92. The van der Waals surface area contributed by atoms with Crippen LogP contribution in [0.1, 0.15) is 32.3 Å². The van der Waals surface area contributed by atoms with Crippen LogP contribution in [0.5, 0.6) is 0 Å². The molecule has 1 aromatic heterocycles. The molecule has 0 saturated heterocycles. The molecular formula is C16H22ClN3O. The van der Waals surface area contributed by atoms with Gasteiger partial charge in [0.05, 0.1) is 17.5 Å². The Hall–Kier alpha value is -1.36. The Morgan fingerprint density at radius 3 is 2.76 bits per heavy atom. The Balaban J connectivity index is 2.05. The Morgan fingerprint density at radius 1 is 1.33 bits per heavy atom. The second-order valence-electron chi connectivity index (χ2n) is 5.32. The molecule has 0 aliphatic heterocycles. The van der Waals surface area contributed by atoms with Crippen molar-refractivity contribution in [1.82, 2.24) is 15.5 Å². The van der Waals surface area contributed by atoms with Crippen molar-refractivity contribution in [3.8, 4) is 11.3 Å². The molecule has 0 aliphatic carbocycles. The zero-order valence-electron chi connectivity index (χ0n) is 12.5. The minimum atomic E-state index is -0.639. The highest BCUT2D eigenvalue weighted by atomic mass is 35.5. The summed E-state index contributed by atoms with van der Waals surface area (Å²) in [4.78, 5) is 0. The van der Waals surface area contributed by atoms with E-state index in [0.29, 0.717) is 18.1 Å². The van der Waals surface area contributed by atoms with Crippen LogP contribution in [0.2, 0.25) is 5.02 Å². The van der Waals surface area contributed by atoms with Crippen molar-refractivity contribution in [3.05, 3.63) is 41.0 Å². The molecule has 0 fully saturated rings. The molecule has 0 spiro atoms. The van der Waals surface area contributed by atoms with Crippen molar-refractivity contribution in [2.24, 2.45) is 0 Å². The SMILES string of the molecule is CCC(O)(CC)CNCc1cn[nH]c1-c1cccc(Cl)c1. The lowest BCUT2D eigenvalue weighted by atomic mass is 9.97. The smallest absolute Gasteiger partial charge is 0.0766 e. The normalized spacial score (nSPS) is 11.8. The van der Waals surface area contributed by atoms with E-state index in [2.05, 4.69) is 15.5 Å². The summed E-state index contributed by atoms with van der Waals surface area (Å²) in [7, 11) is 0. The summed E-state index contributed by atoms with van der Waals surface area (Å²) in [5.41, 5.74) is 2.39. The molecule has 1 aromatic carbocycles. The largest absolute Gasteiger partial charge is 0.389 e. The second kappa shape index (κ2) is 7.07. The predicted octanol–water partition coefficient (Wildman–Crippen LogP) is 3.37. The topological polar surface area (TPSA) is 60.9 Å². The van der Waals surface area contributed by atoms with E-state index in [0.717, 1.165) is 29.7 Å². The van der Waals surface area contributed by atoms with Crippen molar-refractivity contribution >= 4 is 11.6 Å². The maximum atomic E-state index is 10.3. The van der Waals surface area contributed by atoms with Crippen LogP contribution in [-0.2, 0) is 6.54 Å². The van der Waals surface area contributed by atoms with Crippen LogP contribution < -0.4 is 5.32 Å². The number of hydrogen-bond donors (Lipinski definition) is 3. The van der Waals surface area contributed by atoms with E-state index in [-0.39, 0.29) is 0 Å². The molecule has 0 saturated carbocycles. The van der Waals surface area contributed by atoms with Gasteiger partial charge in [-0.1, -0.05) is 37.6 Å². The summed E-state index contributed by atoms with van der Waals surface area (Å²) in [6.45, 7) is 5.22. The molecule has 2 rings (SSSR count). The molecule has 0 unspecified atom stereocenters. The molecule has 0 amide bonds. The first-order chi connectivity index (χ1) is 10.1. The van der Waals surface area contributed by atoms with Gasteiger partial charge in [0.1, 0.15) is 0 Å². The summed E-state index contributed by atoms with van der Waals surface area (Å²) < 4.78 is 0. The van der Waals surface area contributed by atoms with Crippen LogP contribution in [0.4, 0.5) is 0 Å². The second-order valence-corrected chi connectivity index (χ2v) is 5.75. The average molecular weight is 308 g/mol. The minimum absolute atomic E-state index is 0.570. The Labute approximate surface area is 130 Å². The zero-order chi connectivity index (χ0) is 15.3. The van der Waals surface area contributed by atoms with E-state index < -0.39 is 5.60 Å². The van der Waals surface area contributed by atoms with Gasteiger partial charge in [0.2, 0.25) is 0 Å². The van der Waals surface area contributed by atoms with Crippen LogP contribution in [0.15, 0.2) is 30.5 Å². The molecule has 21 heavy (non-hydrogen) atoms. The number of nitrogens with one attached hydrogen (secondary N) is 2. The van der Waals surface area contributed by atoms with Gasteiger partial charge in [-0.25, -0.2) is 0 Å². The number of nitrogens with zero attached hydrogens (tertiary/aromatic N) is 1. The number of aliphatic hydroxyl groups is 1. The molecule has 0 atom stereocenters. The fourth-order valence-corrected chi connectivity index (χ4v) is 2.46. The van der Waals surface area contributed by atoms with Gasteiger partial charge >= 0.3 is 0 Å². The Bertz CT molecular complexity index is 578. The van der Waals surface area contributed by atoms with Crippen LogP contribution >= 0.6 is 11.6 Å². The average Bonchev–Trinajstić information content (AvgIpc) is 2.95. The van der Waals surface area contributed by atoms with Crippen molar-refractivity contribution < 1.29 is 5.11 Å². The molecule has 0 bridgehead atoms. The molecule has 5 heteroatoms. The lowest BCUT2D eigenvalue weighted by molar-refractivity contribution is 0.0323. The van der Waals surface area contributed by atoms with E-state index in [1.54, 1.807) is 6.20 Å². The van der Waals surface area contributed by atoms with E-state index in [1.807, 2.05) is 38.1 Å². The highest BCUT2D eigenvalue weighted by molar-refractivity contribution is 6.30. The van der Waals surface area contributed by atoms with Gasteiger partial charge in [0.25, 0.3) is 0 Å². The third kappa shape index (κ3) is 4.06. The monoisotopic (exact) mass is 307 g/mol. The standard InChI is InChI=1S/C16H22ClN3O/c1-3-16(21,4-2)11-18-9-13-10-19-20-15(13)12-6-5-7-14(17)8-12/h5-8,10,18,21H,3-4,9,11H2,1-2H3,(H,19,20). The zero-order valence-corrected chi connectivity index (χ0v) is 13.2. The number of benzene rings is 1. The third-order valence-corrected chi connectivity index (χ3v) is 4.15. The maximum Gasteiger partial charge on any atom is 0.0766 e. The number of rotatable bonds is 7. The summed E-state index contributed by atoms with van der Waals surface area (Å²) in [6.07, 6.45) is 3.28. The highest BCUT2D eigenvalue weighted by Gasteiger charge is 2.21. The van der Waals surface area contributed by atoms with Crippen LogP contribution in [0.25, 0.3) is 11.3 Å². The lowest BCUT2D eigenvalue weighted by Crippen LogP contribution is -2.39. The first-order valence-electron chi connectivity index (χ1n) is 7.29. The van der Waals surface area contributed by atoms with Gasteiger partial charge in [0.15, 0.2) is 0 Å². The molecule has 114 valence electrons. The number of aromatic amines is 1. The van der Waals surface area contributed by atoms with Crippen molar-refractivity contribution in [2.45, 2.75) is 38.8 Å². The van der Waals surface area contributed by atoms with Crippen LogP contribution in [0.3, 0.4) is 0 Å². The Morgan fingerprint density at radius 2 is 2.10 bits per heavy atom. The highest BCUT2D eigenvalue weighted by Crippen LogP contribution is 2.24. The summed E-state index contributed by atoms with van der Waals surface area (Å²) in [5, 5.41) is 21.4. The molecule has 0 aliphatic rings. The maximum absolute atomic E-state index is 10.3. The first kappa shape index (κ1) is 16.0. The quantitative estimate of drug-likeness (QED) is 0.735. The van der Waals surface area contributed by atoms with E-state index in [4.69, 9.17) is 11.6 Å². The molecule has 4 nitrogen and oxygen atoms in total. The van der Waals surface area contributed by atoms with Gasteiger partial charge in [-0.3, -0.25) is 5.10 Å². The predicted molar refractivity (Wildman–Crippen MR) is 86.3 cm³/mol. The van der Waals surface area contributed by atoms with E-state index in [9.17, 15) is 5.11 Å². The van der Waals surface area contributed by atoms with Gasteiger partial charge in [0, 0.05) is 29.2 Å². The fraction of sp³-hybridized carbons (Fsp3) is 0.438. The fourth-order valence-electron chi connectivity index (χ4n) is 2.27. The molecular weight excluding hydrogens is 286 g/mol.